The van der Waals surface area contributed by atoms with Gasteiger partial charge in [-0.05, 0) is 32.6 Å². The molecule has 3 aromatic rings. The quantitative estimate of drug-likeness (QED) is 0.233. The normalized spacial score (nSPS) is 21.8. The van der Waals surface area contributed by atoms with Gasteiger partial charge in [0, 0.05) is 57.3 Å². The number of nitrogens with one attached hydrogen (secondary N) is 2. The van der Waals surface area contributed by atoms with E-state index in [1.807, 2.05) is 4.68 Å². The fraction of sp³-hybridized carbons (Fsp3) is 0.640. The zero-order valence-electron chi connectivity index (χ0n) is 21.9. The number of H-pyrrole nitrogens is 1. The van der Waals surface area contributed by atoms with Crippen LogP contribution < -0.4 is 15.9 Å². The predicted molar refractivity (Wildman–Crippen MR) is 139 cm³/mol. The van der Waals surface area contributed by atoms with Crippen molar-refractivity contribution in [1.29, 1.82) is 0 Å². The first-order chi connectivity index (χ1) is 19.0. The van der Waals surface area contributed by atoms with Crippen LogP contribution in [0.3, 0.4) is 0 Å². The van der Waals surface area contributed by atoms with E-state index in [1.165, 1.54) is 12.4 Å². The van der Waals surface area contributed by atoms with E-state index in [-0.39, 0.29) is 29.9 Å². The lowest BCUT2D eigenvalue weighted by molar-refractivity contribution is -0.110. The number of aliphatic hydroxyl groups excluding tert-OH is 1. The van der Waals surface area contributed by atoms with Crippen LogP contribution in [0.4, 0.5) is 5.95 Å². The van der Waals surface area contributed by atoms with Gasteiger partial charge < -0.3 is 29.7 Å². The first kappa shape index (κ1) is 26.2. The summed E-state index contributed by atoms with van der Waals surface area (Å²) in [5, 5.41) is 23.4. The fourth-order valence-electron chi connectivity index (χ4n) is 5.57. The van der Waals surface area contributed by atoms with Gasteiger partial charge in [0.15, 0.2) is 11.9 Å². The molecule has 2 unspecified atom stereocenters. The minimum absolute atomic E-state index is 0.0403. The van der Waals surface area contributed by atoms with Gasteiger partial charge in [-0.1, -0.05) is 0 Å². The monoisotopic (exact) mass is 541 g/mol. The van der Waals surface area contributed by atoms with Gasteiger partial charge in [0.2, 0.25) is 5.95 Å². The smallest absolute Gasteiger partial charge is 0.262 e. The van der Waals surface area contributed by atoms with Crippen LogP contribution in [0, 0.1) is 0 Å². The van der Waals surface area contributed by atoms with Crippen LogP contribution in [0.25, 0.3) is 11.0 Å². The van der Waals surface area contributed by atoms with E-state index in [2.05, 4.69) is 36.8 Å². The Balaban J connectivity index is 1.01. The van der Waals surface area contributed by atoms with Crippen molar-refractivity contribution < 1.29 is 19.8 Å². The van der Waals surface area contributed by atoms with E-state index in [0.29, 0.717) is 41.6 Å². The van der Waals surface area contributed by atoms with Crippen LogP contribution in [0.15, 0.2) is 23.4 Å². The van der Waals surface area contributed by atoms with Gasteiger partial charge >= 0.3 is 0 Å². The minimum Gasteiger partial charge on any atom is -0.381 e. The zero-order chi connectivity index (χ0) is 26.9. The first-order valence-corrected chi connectivity index (χ1v) is 13.6. The number of aliphatic hydroxyl groups is 1. The average Bonchev–Trinajstić information content (AvgIpc) is 3.39. The number of nitrogens with zero attached hydrogens (tertiary/aromatic N) is 7. The summed E-state index contributed by atoms with van der Waals surface area (Å²) in [6.07, 6.45) is 7.22. The molecule has 2 atom stereocenters. The third-order valence-corrected chi connectivity index (χ3v) is 8.04. The molecule has 3 aliphatic rings. The van der Waals surface area contributed by atoms with E-state index in [9.17, 15) is 9.90 Å². The van der Waals surface area contributed by atoms with Crippen molar-refractivity contribution in [1.82, 2.24) is 40.1 Å². The van der Waals surface area contributed by atoms with E-state index in [1.54, 1.807) is 11.7 Å². The number of likely N-dealkylation sites (tertiary alicyclic amines) is 1. The van der Waals surface area contributed by atoms with Gasteiger partial charge in [-0.25, -0.2) is 19.6 Å². The van der Waals surface area contributed by atoms with Crippen molar-refractivity contribution >= 4 is 17.0 Å². The van der Waals surface area contributed by atoms with E-state index in [4.69, 9.17) is 19.7 Å². The van der Waals surface area contributed by atoms with Crippen molar-refractivity contribution in [3.05, 3.63) is 40.3 Å². The van der Waals surface area contributed by atoms with Crippen LogP contribution >= 0.6 is 0 Å². The highest BCUT2D eigenvalue weighted by Gasteiger charge is 2.35. The zero-order valence-corrected chi connectivity index (χ0v) is 21.9. The lowest BCUT2D eigenvalue weighted by Gasteiger charge is -2.44. The summed E-state index contributed by atoms with van der Waals surface area (Å²) in [6, 6.07) is 0.158. The molecule has 0 aromatic carbocycles. The van der Waals surface area contributed by atoms with Crippen LogP contribution in [0.2, 0.25) is 0 Å². The van der Waals surface area contributed by atoms with Crippen LogP contribution in [-0.4, -0.2) is 96.5 Å². The Morgan fingerprint density at radius 2 is 1.82 bits per heavy atom. The summed E-state index contributed by atoms with van der Waals surface area (Å²) < 4.78 is 13.8. The largest absolute Gasteiger partial charge is 0.381 e. The second kappa shape index (κ2) is 11.2. The molecule has 6 heterocycles. The summed E-state index contributed by atoms with van der Waals surface area (Å²) in [4.78, 5) is 33.6. The molecule has 0 aliphatic carbocycles. The number of fused-ring (bicyclic) bond motifs is 1. The minimum atomic E-state index is -1.21. The SMILES string of the molecule is CC(c1nc2c(cnn2C2CCOCC2)c(=O)[nH]1)N1CC(OC2CCN(c3ncc(C(O)NO)cn3)CC2)C1. The molecule has 0 bridgehead atoms. The van der Waals surface area contributed by atoms with Gasteiger partial charge in [0.25, 0.3) is 5.56 Å². The second-order valence-electron chi connectivity index (χ2n) is 10.5. The molecule has 0 spiro atoms. The molecule has 0 saturated carbocycles. The average molecular weight is 542 g/mol. The van der Waals surface area contributed by atoms with Gasteiger partial charge in [0.05, 0.1) is 30.5 Å². The maximum Gasteiger partial charge on any atom is 0.262 e. The number of piperidine rings is 1. The van der Waals surface area contributed by atoms with Gasteiger partial charge in [-0.15, -0.1) is 0 Å². The molecule has 6 rings (SSSR count). The Hall–Kier alpha value is -3.01. The van der Waals surface area contributed by atoms with Crippen molar-refractivity contribution in [2.45, 2.75) is 63.1 Å². The number of hydroxylamine groups is 1. The summed E-state index contributed by atoms with van der Waals surface area (Å²) >= 11 is 0. The molecule has 210 valence electrons. The molecule has 3 saturated heterocycles. The van der Waals surface area contributed by atoms with E-state index in [0.717, 1.165) is 51.9 Å². The maximum absolute atomic E-state index is 12.8. The molecule has 3 aromatic heterocycles. The Bertz CT molecular complexity index is 1310. The third kappa shape index (κ3) is 5.40. The number of anilines is 1. The van der Waals surface area contributed by atoms with Gasteiger partial charge in [0.1, 0.15) is 11.2 Å². The summed E-state index contributed by atoms with van der Waals surface area (Å²) in [6.45, 7) is 6.59. The van der Waals surface area contributed by atoms with Crippen molar-refractivity contribution in [3.8, 4) is 0 Å². The number of hydrogen-bond donors (Lipinski definition) is 4. The molecule has 3 fully saturated rings. The fourth-order valence-corrected chi connectivity index (χ4v) is 5.57. The summed E-state index contributed by atoms with van der Waals surface area (Å²) in [5.41, 5.74) is 2.66. The number of aromatic nitrogens is 6. The molecule has 4 N–H and O–H groups in total. The summed E-state index contributed by atoms with van der Waals surface area (Å²) in [7, 11) is 0. The Labute approximate surface area is 224 Å². The maximum atomic E-state index is 12.8. The Kier molecular flexibility index (Phi) is 7.55. The standard InChI is InChI=1S/C25H35N9O5/c1-15(21-29-22-20(24(36)30-21)12-28-34(22)17-4-8-38-9-5-17)33-13-19(14-33)39-18-2-6-32(7-3-18)25-26-10-16(11-27-25)23(35)31-37/h10-12,15,17-19,23,31,35,37H,2-9,13-14H2,1H3,(H,29,30,36). The number of aromatic amines is 1. The van der Waals surface area contributed by atoms with Crippen LogP contribution in [0.5, 0.6) is 0 Å². The first-order valence-electron chi connectivity index (χ1n) is 13.6. The van der Waals surface area contributed by atoms with E-state index < -0.39 is 6.23 Å². The van der Waals surface area contributed by atoms with Crippen LogP contribution in [0.1, 0.15) is 62.3 Å². The summed E-state index contributed by atoms with van der Waals surface area (Å²) in [5.74, 6) is 1.25. The lowest BCUT2D eigenvalue weighted by Crippen LogP contribution is -2.55. The number of ether oxygens (including phenoxy) is 2. The van der Waals surface area contributed by atoms with Crippen molar-refractivity contribution in [3.63, 3.8) is 0 Å². The molecule has 14 nitrogen and oxygen atoms in total. The molecule has 3 aliphatic heterocycles. The van der Waals surface area contributed by atoms with Crippen molar-refractivity contribution in [2.24, 2.45) is 0 Å². The Morgan fingerprint density at radius 3 is 2.51 bits per heavy atom. The topological polar surface area (TPSA) is 167 Å². The Morgan fingerprint density at radius 1 is 1.10 bits per heavy atom. The van der Waals surface area contributed by atoms with Crippen molar-refractivity contribution in [2.75, 3.05) is 44.3 Å². The molecule has 14 heteroatoms. The highest BCUT2D eigenvalue weighted by Crippen LogP contribution is 2.29. The van der Waals surface area contributed by atoms with Crippen LogP contribution in [-0.2, 0) is 9.47 Å². The highest BCUT2D eigenvalue weighted by molar-refractivity contribution is 5.73. The number of hydrogen-bond acceptors (Lipinski definition) is 12. The molecule has 39 heavy (non-hydrogen) atoms. The van der Waals surface area contributed by atoms with E-state index >= 15 is 0 Å². The predicted octanol–water partition coefficient (Wildman–Crippen LogP) is 0.662. The lowest BCUT2D eigenvalue weighted by atomic mass is 10.0. The molecular weight excluding hydrogens is 506 g/mol. The third-order valence-electron chi connectivity index (χ3n) is 8.04. The molecular formula is C25H35N9O5. The highest BCUT2D eigenvalue weighted by atomic mass is 16.5. The second-order valence-corrected chi connectivity index (χ2v) is 10.5. The number of rotatable bonds is 8. The molecule has 0 amide bonds. The molecule has 0 radical (unpaired) electrons. The van der Waals surface area contributed by atoms with Gasteiger partial charge in [-0.3, -0.25) is 9.69 Å². The van der Waals surface area contributed by atoms with Gasteiger partial charge in [-0.2, -0.15) is 10.6 Å².